The van der Waals surface area contributed by atoms with Gasteiger partial charge in [0.2, 0.25) is 5.95 Å². The second kappa shape index (κ2) is 7.79. The third-order valence-electron chi connectivity index (χ3n) is 6.42. The topological polar surface area (TPSA) is 52.6 Å². The summed E-state index contributed by atoms with van der Waals surface area (Å²) in [5, 5.41) is 1.96. The first-order valence-electron chi connectivity index (χ1n) is 10.4. The van der Waals surface area contributed by atoms with E-state index in [0.717, 1.165) is 74.7 Å². The van der Waals surface area contributed by atoms with Gasteiger partial charge in [0, 0.05) is 57.9 Å². The van der Waals surface area contributed by atoms with Gasteiger partial charge in [-0.3, -0.25) is 9.69 Å². The van der Waals surface area contributed by atoms with Gasteiger partial charge in [0.05, 0.1) is 10.6 Å². The highest BCUT2D eigenvalue weighted by Gasteiger charge is 2.29. The number of carbonyl (C=O) groups is 1. The fourth-order valence-electron chi connectivity index (χ4n) is 4.42. The van der Waals surface area contributed by atoms with Crippen molar-refractivity contribution in [1.29, 1.82) is 0 Å². The van der Waals surface area contributed by atoms with E-state index in [-0.39, 0.29) is 5.91 Å². The lowest BCUT2D eigenvalue weighted by Gasteiger charge is -2.43. The van der Waals surface area contributed by atoms with Crippen molar-refractivity contribution in [2.75, 3.05) is 44.2 Å². The number of hydrogen-bond acceptors (Lipinski definition) is 6. The van der Waals surface area contributed by atoms with Crippen molar-refractivity contribution in [3.8, 4) is 0 Å². The Balaban J connectivity index is 1.24. The van der Waals surface area contributed by atoms with E-state index in [9.17, 15) is 4.79 Å². The molecule has 0 radical (unpaired) electrons. The quantitative estimate of drug-likeness (QED) is 0.796. The van der Waals surface area contributed by atoms with Crippen molar-refractivity contribution in [1.82, 2.24) is 19.8 Å². The fourth-order valence-corrected chi connectivity index (χ4v) is 5.11. The average molecular weight is 398 g/mol. The zero-order chi connectivity index (χ0) is 18.9. The van der Waals surface area contributed by atoms with Gasteiger partial charge in [0.15, 0.2) is 0 Å². The van der Waals surface area contributed by atoms with Gasteiger partial charge < -0.3 is 9.80 Å². The number of rotatable bonds is 3. The van der Waals surface area contributed by atoms with E-state index in [1.165, 1.54) is 36.2 Å². The van der Waals surface area contributed by atoms with Gasteiger partial charge in [-0.2, -0.15) is 0 Å². The van der Waals surface area contributed by atoms with Gasteiger partial charge in [-0.05, 0) is 36.3 Å². The van der Waals surface area contributed by atoms with Gasteiger partial charge in [-0.15, -0.1) is 11.3 Å². The van der Waals surface area contributed by atoms with E-state index in [0.29, 0.717) is 0 Å². The molecule has 2 aromatic rings. The molecule has 5 rings (SSSR count). The van der Waals surface area contributed by atoms with Crippen LogP contribution in [-0.2, 0) is 12.8 Å². The van der Waals surface area contributed by atoms with Crippen LogP contribution in [0.4, 0.5) is 5.95 Å². The van der Waals surface area contributed by atoms with Crippen LogP contribution in [-0.4, -0.2) is 71.0 Å². The van der Waals surface area contributed by atoms with Crippen LogP contribution in [0.25, 0.3) is 0 Å². The molecule has 0 unspecified atom stereocenters. The Morgan fingerprint density at radius 1 is 1.07 bits per heavy atom. The molecule has 0 aromatic carbocycles. The molecule has 1 saturated carbocycles. The molecular weight excluding hydrogens is 370 g/mol. The predicted octanol–water partition coefficient (Wildman–Crippen LogP) is 2.45. The summed E-state index contributed by atoms with van der Waals surface area (Å²) >= 11 is 1.51. The summed E-state index contributed by atoms with van der Waals surface area (Å²) < 4.78 is 0. The Labute approximate surface area is 170 Å². The lowest BCUT2D eigenvalue weighted by Crippen LogP contribution is -2.52. The summed E-state index contributed by atoms with van der Waals surface area (Å²) in [4.78, 5) is 30.0. The van der Waals surface area contributed by atoms with Gasteiger partial charge in [0.25, 0.3) is 5.91 Å². The summed E-state index contributed by atoms with van der Waals surface area (Å²) in [7, 11) is 0. The maximum Gasteiger partial charge on any atom is 0.263 e. The lowest BCUT2D eigenvalue weighted by atomic mass is 9.91. The third-order valence-corrected chi connectivity index (χ3v) is 7.28. The Morgan fingerprint density at radius 3 is 2.61 bits per heavy atom. The largest absolute Gasteiger partial charge is 0.338 e. The summed E-state index contributed by atoms with van der Waals surface area (Å²) in [6.07, 6.45) is 7.78. The number of carbonyl (C=O) groups excluding carboxylic acids is 1. The highest BCUT2D eigenvalue weighted by atomic mass is 32.1. The number of nitrogens with zero attached hydrogens (tertiary/aromatic N) is 5. The van der Waals surface area contributed by atoms with E-state index in [2.05, 4.69) is 14.8 Å². The van der Waals surface area contributed by atoms with Crippen molar-refractivity contribution < 1.29 is 4.79 Å². The van der Waals surface area contributed by atoms with Crippen molar-refractivity contribution in [3.63, 3.8) is 0 Å². The van der Waals surface area contributed by atoms with Crippen molar-refractivity contribution in [2.24, 2.45) is 0 Å². The summed E-state index contributed by atoms with van der Waals surface area (Å²) in [5.74, 6) is 1.01. The van der Waals surface area contributed by atoms with E-state index in [1.54, 1.807) is 0 Å². The number of amides is 1. The van der Waals surface area contributed by atoms with Crippen molar-refractivity contribution in [2.45, 2.75) is 38.1 Å². The minimum absolute atomic E-state index is 0.142. The summed E-state index contributed by atoms with van der Waals surface area (Å²) in [6, 6.07) is 4.67. The number of fused-ring (bicyclic) bond motifs is 1. The zero-order valence-corrected chi connectivity index (χ0v) is 17.0. The highest BCUT2D eigenvalue weighted by molar-refractivity contribution is 7.12. The van der Waals surface area contributed by atoms with Crippen LogP contribution in [0.5, 0.6) is 0 Å². The Hall–Kier alpha value is -1.99. The van der Waals surface area contributed by atoms with E-state index in [1.807, 2.05) is 28.6 Å². The van der Waals surface area contributed by atoms with Crippen LogP contribution in [0, 0.1) is 0 Å². The Morgan fingerprint density at radius 2 is 1.89 bits per heavy atom. The van der Waals surface area contributed by atoms with Gasteiger partial charge in [-0.25, -0.2) is 9.97 Å². The first-order chi connectivity index (χ1) is 13.8. The smallest absolute Gasteiger partial charge is 0.263 e. The molecule has 148 valence electrons. The standard InChI is InChI=1S/C21H27N5OS/c27-20(19-5-2-14-28-19)25-8-6-16-15-22-21(23-18(16)7-9-25)26-12-10-24(11-13-26)17-3-1-4-17/h2,5,14-15,17H,1,3-4,6-13H2. The molecule has 1 aliphatic carbocycles. The summed E-state index contributed by atoms with van der Waals surface area (Å²) in [6.45, 7) is 5.74. The van der Waals surface area contributed by atoms with Gasteiger partial charge in [-0.1, -0.05) is 12.5 Å². The van der Waals surface area contributed by atoms with Crippen molar-refractivity contribution >= 4 is 23.2 Å². The molecule has 0 spiro atoms. The number of anilines is 1. The molecule has 2 aromatic heterocycles. The molecule has 2 aliphatic heterocycles. The van der Waals surface area contributed by atoms with Crippen LogP contribution in [0.3, 0.4) is 0 Å². The molecule has 0 N–H and O–H groups in total. The molecular formula is C21H27N5OS. The fraction of sp³-hybridized carbons (Fsp3) is 0.571. The van der Waals surface area contributed by atoms with Crippen LogP contribution in [0.15, 0.2) is 23.7 Å². The zero-order valence-electron chi connectivity index (χ0n) is 16.2. The molecule has 0 atom stereocenters. The molecule has 28 heavy (non-hydrogen) atoms. The third kappa shape index (κ3) is 3.53. The van der Waals surface area contributed by atoms with Crippen molar-refractivity contribution in [3.05, 3.63) is 39.8 Å². The van der Waals surface area contributed by atoms with Crippen LogP contribution in [0.1, 0.15) is 40.2 Å². The second-order valence-electron chi connectivity index (χ2n) is 8.02. The second-order valence-corrected chi connectivity index (χ2v) is 8.97. The maximum atomic E-state index is 12.7. The van der Waals surface area contributed by atoms with Gasteiger partial charge >= 0.3 is 0 Å². The Bertz CT molecular complexity index is 827. The molecule has 0 bridgehead atoms. The molecule has 1 saturated heterocycles. The number of aromatic nitrogens is 2. The van der Waals surface area contributed by atoms with Gasteiger partial charge in [0.1, 0.15) is 0 Å². The first-order valence-corrected chi connectivity index (χ1v) is 11.3. The molecule has 2 fully saturated rings. The van der Waals surface area contributed by atoms with Crippen LogP contribution >= 0.6 is 11.3 Å². The molecule has 6 nitrogen and oxygen atoms in total. The Kier molecular flexibility index (Phi) is 5.03. The predicted molar refractivity (Wildman–Crippen MR) is 111 cm³/mol. The lowest BCUT2D eigenvalue weighted by molar-refractivity contribution is 0.0768. The van der Waals surface area contributed by atoms with Crippen LogP contribution in [0.2, 0.25) is 0 Å². The molecule has 3 aliphatic rings. The van der Waals surface area contributed by atoms with E-state index < -0.39 is 0 Å². The average Bonchev–Trinajstić information content (AvgIpc) is 3.14. The molecule has 7 heteroatoms. The molecule has 1 amide bonds. The van der Waals surface area contributed by atoms with E-state index >= 15 is 0 Å². The number of thiophene rings is 1. The first kappa shape index (κ1) is 18.1. The SMILES string of the molecule is O=C(c1cccs1)N1CCc2cnc(N3CCN(C4CCC4)CC3)nc2CC1. The minimum atomic E-state index is 0.142. The normalized spacial score (nSPS) is 21.1. The van der Waals surface area contributed by atoms with E-state index in [4.69, 9.17) is 4.98 Å². The highest BCUT2D eigenvalue weighted by Crippen LogP contribution is 2.26. The maximum absolute atomic E-state index is 12.7. The molecule has 4 heterocycles. The van der Waals surface area contributed by atoms with Crippen LogP contribution < -0.4 is 4.90 Å². The number of hydrogen-bond donors (Lipinski definition) is 0. The minimum Gasteiger partial charge on any atom is -0.338 e. The summed E-state index contributed by atoms with van der Waals surface area (Å²) in [5.41, 5.74) is 2.31. The monoisotopic (exact) mass is 397 g/mol. The number of piperazine rings is 1.